The molecule has 0 aromatic carbocycles. The standard InChI is InChI=1S/C9H18FNO/c1-9(2,7-12)6-11-4-3-8(10)5-11/h8,12H,3-7H2,1-2H3. The quantitative estimate of drug-likeness (QED) is 0.693. The Labute approximate surface area is 73.4 Å². The molecule has 0 amide bonds. The average Bonchev–Trinajstić information content (AvgIpc) is 2.35. The first-order chi connectivity index (χ1) is 5.53. The summed E-state index contributed by atoms with van der Waals surface area (Å²) in [5.41, 5.74) is -0.0932. The predicted molar refractivity (Wildman–Crippen MR) is 46.8 cm³/mol. The summed E-state index contributed by atoms with van der Waals surface area (Å²) >= 11 is 0. The maximum Gasteiger partial charge on any atom is 0.114 e. The van der Waals surface area contributed by atoms with E-state index in [1.807, 2.05) is 13.8 Å². The molecule has 1 aliphatic heterocycles. The molecule has 1 heterocycles. The second-order valence-corrected chi connectivity index (χ2v) is 4.44. The number of likely N-dealkylation sites (tertiary alicyclic amines) is 1. The first-order valence-electron chi connectivity index (χ1n) is 4.51. The Balaban J connectivity index is 2.32. The highest BCUT2D eigenvalue weighted by Gasteiger charge is 2.27. The Hall–Kier alpha value is -0.150. The van der Waals surface area contributed by atoms with Crippen LogP contribution in [0.5, 0.6) is 0 Å². The Morgan fingerprint density at radius 3 is 2.67 bits per heavy atom. The lowest BCUT2D eigenvalue weighted by Gasteiger charge is -2.27. The zero-order valence-electron chi connectivity index (χ0n) is 7.89. The zero-order chi connectivity index (χ0) is 9.19. The number of halogens is 1. The summed E-state index contributed by atoms with van der Waals surface area (Å²) in [6, 6.07) is 0. The lowest BCUT2D eigenvalue weighted by Crippen LogP contribution is -2.35. The van der Waals surface area contributed by atoms with Gasteiger partial charge in [0.1, 0.15) is 6.17 Å². The summed E-state index contributed by atoms with van der Waals surface area (Å²) in [6.07, 6.45) is 0.00103. The third-order valence-corrected chi connectivity index (χ3v) is 2.29. The van der Waals surface area contributed by atoms with Gasteiger partial charge in [0, 0.05) is 31.7 Å². The molecule has 0 spiro atoms. The maximum absolute atomic E-state index is 12.7. The maximum atomic E-state index is 12.7. The second kappa shape index (κ2) is 3.71. The molecule has 1 atom stereocenters. The van der Waals surface area contributed by atoms with Gasteiger partial charge in [0.05, 0.1) is 0 Å². The molecule has 12 heavy (non-hydrogen) atoms. The highest BCUT2D eigenvalue weighted by atomic mass is 19.1. The van der Waals surface area contributed by atoms with Crippen molar-refractivity contribution in [3.8, 4) is 0 Å². The van der Waals surface area contributed by atoms with Gasteiger partial charge < -0.3 is 5.11 Å². The molecule has 0 aromatic heterocycles. The number of alkyl halides is 1. The normalized spacial score (nSPS) is 26.5. The average molecular weight is 175 g/mol. The van der Waals surface area contributed by atoms with E-state index in [1.54, 1.807) is 0 Å². The van der Waals surface area contributed by atoms with Gasteiger partial charge in [-0.2, -0.15) is 0 Å². The van der Waals surface area contributed by atoms with Crippen molar-refractivity contribution in [2.24, 2.45) is 5.41 Å². The van der Waals surface area contributed by atoms with Crippen LogP contribution in [0.3, 0.4) is 0 Å². The number of aliphatic hydroxyl groups is 1. The molecule has 0 aliphatic carbocycles. The molecule has 0 saturated carbocycles. The summed E-state index contributed by atoms with van der Waals surface area (Å²) in [5.74, 6) is 0. The van der Waals surface area contributed by atoms with E-state index >= 15 is 0 Å². The van der Waals surface area contributed by atoms with Crippen LogP contribution < -0.4 is 0 Å². The highest BCUT2D eigenvalue weighted by Crippen LogP contribution is 2.20. The molecule has 1 aliphatic rings. The number of rotatable bonds is 3. The fraction of sp³-hybridized carbons (Fsp3) is 1.00. The minimum atomic E-state index is -0.653. The minimum Gasteiger partial charge on any atom is -0.396 e. The van der Waals surface area contributed by atoms with Gasteiger partial charge in [-0.05, 0) is 6.42 Å². The van der Waals surface area contributed by atoms with Crippen molar-refractivity contribution < 1.29 is 9.50 Å². The first-order valence-corrected chi connectivity index (χ1v) is 4.51. The Morgan fingerprint density at radius 2 is 2.25 bits per heavy atom. The van der Waals surface area contributed by atoms with Crippen LogP contribution in [0.2, 0.25) is 0 Å². The molecule has 1 N–H and O–H groups in total. The van der Waals surface area contributed by atoms with Gasteiger partial charge >= 0.3 is 0 Å². The molecular formula is C9H18FNO. The van der Waals surface area contributed by atoms with E-state index in [-0.39, 0.29) is 12.0 Å². The van der Waals surface area contributed by atoms with Gasteiger partial charge in [-0.3, -0.25) is 4.90 Å². The van der Waals surface area contributed by atoms with Crippen LogP contribution in [-0.2, 0) is 0 Å². The molecule has 2 nitrogen and oxygen atoms in total. The summed E-state index contributed by atoms with van der Waals surface area (Å²) in [6.45, 7) is 6.34. The smallest absolute Gasteiger partial charge is 0.114 e. The molecule has 0 radical (unpaired) electrons. The Kier molecular flexibility index (Phi) is 3.07. The molecule has 1 saturated heterocycles. The Morgan fingerprint density at radius 1 is 1.58 bits per heavy atom. The molecule has 0 aromatic rings. The zero-order valence-corrected chi connectivity index (χ0v) is 7.89. The lowest BCUT2D eigenvalue weighted by molar-refractivity contribution is 0.111. The van der Waals surface area contributed by atoms with E-state index in [0.717, 1.165) is 13.1 Å². The van der Waals surface area contributed by atoms with E-state index in [9.17, 15) is 4.39 Å². The van der Waals surface area contributed by atoms with Crippen LogP contribution in [0.1, 0.15) is 20.3 Å². The molecule has 72 valence electrons. The van der Waals surface area contributed by atoms with Crippen LogP contribution in [0.25, 0.3) is 0 Å². The van der Waals surface area contributed by atoms with Crippen LogP contribution >= 0.6 is 0 Å². The summed E-state index contributed by atoms with van der Waals surface area (Å²) in [7, 11) is 0. The molecule has 3 heteroatoms. The third-order valence-electron chi connectivity index (χ3n) is 2.29. The topological polar surface area (TPSA) is 23.5 Å². The van der Waals surface area contributed by atoms with Crippen LogP contribution in [-0.4, -0.2) is 42.4 Å². The van der Waals surface area contributed by atoms with Crippen LogP contribution in [0.4, 0.5) is 4.39 Å². The van der Waals surface area contributed by atoms with E-state index in [2.05, 4.69) is 4.90 Å². The van der Waals surface area contributed by atoms with Crippen LogP contribution in [0, 0.1) is 5.41 Å². The van der Waals surface area contributed by atoms with Gasteiger partial charge in [-0.15, -0.1) is 0 Å². The van der Waals surface area contributed by atoms with Crippen molar-refractivity contribution in [3.63, 3.8) is 0 Å². The monoisotopic (exact) mass is 175 g/mol. The first kappa shape index (κ1) is 9.93. The molecule has 1 unspecified atom stereocenters. The van der Waals surface area contributed by atoms with Crippen molar-refractivity contribution in [3.05, 3.63) is 0 Å². The summed E-state index contributed by atoms with van der Waals surface area (Å²) in [5, 5.41) is 9.00. The van der Waals surface area contributed by atoms with Crippen molar-refractivity contribution in [1.82, 2.24) is 4.90 Å². The van der Waals surface area contributed by atoms with Crippen molar-refractivity contribution in [1.29, 1.82) is 0 Å². The predicted octanol–water partition coefficient (Wildman–Crippen LogP) is 1.05. The van der Waals surface area contributed by atoms with E-state index < -0.39 is 6.17 Å². The van der Waals surface area contributed by atoms with E-state index in [0.29, 0.717) is 13.0 Å². The SMILES string of the molecule is CC(C)(CO)CN1CCC(F)C1. The number of aliphatic hydroxyl groups excluding tert-OH is 1. The van der Waals surface area contributed by atoms with Gasteiger partial charge in [0.25, 0.3) is 0 Å². The fourth-order valence-electron chi connectivity index (χ4n) is 1.58. The van der Waals surface area contributed by atoms with Gasteiger partial charge in [0.2, 0.25) is 0 Å². The largest absolute Gasteiger partial charge is 0.396 e. The van der Waals surface area contributed by atoms with Gasteiger partial charge in [-0.1, -0.05) is 13.8 Å². The van der Waals surface area contributed by atoms with Crippen molar-refractivity contribution in [2.75, 3.05) is 26.2 Å². The number of hydrogen-bond acceptors (Lipinski definition) is 2. The fourth-order valence-corrected chi connectivity index (χ4v) is 1.58. The summed E-state index contributed by atoms with van der Waals surface area (Å²) in [4.78, 5) is 2.08. The van der Waals surface area contributed by atoms with E-state index in [1.165, 1.54) is 0 Å². The lowest BCUT2D eigenvalue weighted by atomic mass is 9.94. The van der Waals surface area contributed by atoms with Gasteiger partial charge in [0.15, 0.2) is 0 Å². The van der Waals surface area contributed by atoms with E-state index in [4.69, 9.17) is 5.11 Å². The van der Waals surface area contributed by atoms with Crippen molar-refractivity contribution >= 4 is 0 Å². The van der Waals surface area contributed by atoms with Gasteiger partial charge in [-0.25, -0.2) is 4.39 Å². The van der Waals surface area contributed by atoms with Crippen molar-refractivity contribution in [2.45, 2.75) is 26.4 Å². The molecule has 1 rings (SSSR count). The van der Waals surface area contributed by atoms with Crippen LogP contribution in [0.15, 0.2) is 0 Å². The number of nitrogens with zero attached hydrogens (tertiary/aromatic N) is 1. The summed E-state index contributed by atoms with van der Waals surface area (Å²) < 4.78 is 12.7. The second-order valence-electron chi connectivity index (χ2n) is 4.44. The minimum absolute atomic E-state index is 0.0932. The Bertz CT molecular complexity index is 149. The highest BCUT2D eigenvalue weighted by molar-refractivity contribution is 4.80. The molecule has 1 fully saturated rings. The number of hydrogen-bond donors (Lipinski definition) is 1. The molecule has 0 bridgehead atoms. The molecular weight excluding hydrogens is 157 g/mol. The third kappa shape index (κ3) is 2.72.